The van der Waals surface area contributed by atoms with Gasteiger partial charge in [0.05, 0.1) is 10.7 Å². The number of aromatic nitrogens is 1. The maximum Gasteiger partial charge on any atom is 0.0976 e. The Bertz CT molecular complexity index is 577. The molecule has 0 fully saturated rings. The van der Waals surface area contributed by atoms with E-state index in [4.69, 9.17) is 10.7 Å². The van der Waals surface area contributed by atoms with Gasteiger partial charge in [-0.25, -0.2) is 4.98 Å². The maximum atomic E-state index is 5.70. The van der Waals surface area contributed by atoms with Crippen LogP contribution in [0.15, 0.2) is 22.7 Å². The minimum absolute atomic E-state index is 0.365. The molecule has 0 aliphatic heterocycles. The molecule has 1 aliphatic rings. The zero-order chi connectivity index (χ0) is 12.0. The highest BCUT2D eigenvalue weighted by molar-refractivity contribution is 9.10. The smallest absolute Gasteiger partial charge is 0.0976 e. The van der Waals surface area contributed by atoms with Gasteiger partial charge in [-0.05, 0) is 17.7 Å². The van der Waals surface area contributed by atoms with Crippen LogP contribution in [0.4, 0.5) is 0 Å². The van der Waals surface area contributed by atoms with Gasteiger partial charge in [0, 0.05) is 33.8 Å². The molecule has 1 aliphatic carbocycles. The minimum Gasteiger partial charge on any atom is -0.330 e. The third-order valence-electron chi connectivity index (χ3n) is 3.16. The summed E-state index contributed by atoms with van der Waals surface area (Å²) in [5, 5.41) is 1.17. The zero-order valence-corrected chi connectivity index (χ0v) is 11.9. The third-order valence-corrected chi connectivity index (χ3v) is 4.94. The Morgan fingerprint density at radius 2 is 2.35 bits per heavy atom. The number of rotatable bonds is 2. The third kappa shape index (κ3) is 1.84. The summed E-state index contributed by atoms with van der Waals surface area (Å²) >= 11 is 5.32. The number of hydrogen-bond donors (Lipinski definition) is 1. The van der Waals surface area contributed by atoms with Crippen LogP contribution in [0, 0.1) is 0 Å². The van der Waals surface area contributed by atoms with Crippen molar-refractivity contribution >= 4 is 27.3 Å². The van der Waals surface area contributed by atoms with Crippen molar-refractivity contribution in [3.63, 3.8) is 0 Å². The number of thiazole rings is 1. The molecular formula is C13H13BrN2S. The molecule has 1 aromatic heterocycles. The normalized spacial score (nSPS) is 14.5. The Morgan fingerprint density at radius 1 is 1.53 bits per heavy atom. The number of benzene rings is 1. The van der Waals surface area contributed by atoms with Crippen molar-refractivity contribution in [2.45, 2.75) is 19.3 Å². The van der Waals surface area contributed by atoms with Crippen LogP contribution in [0.25, 0.3) is 11.3 Å². The van der Waals surface area contributed by atoms with E-state index in [1.807, 2.05) is 11.3 Å². The molecule has 2 nitrogen and oxygen atoms in total. The van der Waals surface area contributed by atoms with Crippen LogP contribution in [0.5, 0.6) is 0 Å². The van der Waals surface area contributed by atoms with E-state index in [2.05, 4.69) is 41.1 Å². The first-order valence-electron chi connectivity index (χ1n) is 5.67. The van der Waals surface area contributed by atoms with Crippen LogP contribution >= 0.6 is 27.3 Å². The summed E-state index contributed by atoms with van der Waals surface area (Å²) in [6.07, 6.45) is 1.01. The standard InChI is InChI=1S/C13H13BrN2S/c1-7(6-15)13-16-12-10-3-2-9(14)4-8(10)5-11(12)17-13/h2-4,7H,5-6,15H2,1H3. The summed E-state index contributed by atoms with van der Waals surface area (Å²) in [7, 11) is 0. The average Bonchev–Trinajstić information content (AvgIpc) is 2.84. The number of nitrogens with two attached hydrogens (primary N) is 1. The first-order valence-corrected chi connectivity index (χ1v) is 7.28. The number of fused-ring (bicyclic) bond motifs is 3. The van der Waals surface area contributed by atoms with Gasteiger partial charge in [0.1, 0.15) is 0 Å². The maximum absolute atomic E-state index is 5.70. The molecule has 88 valence electrons. The van der Waals surface area contributed by atoms with E-state index in [1.165, 1.54) is 26.7 Å². The Labute approximate surface area is 113 Å². The van der Waals surface area contributed by atoms with E-state index in [0.717, 1.165) is 10.9 Å². The number of halogens is 1. The quantitative estimate of drug-likeness (QED) is 0.786. The van der Waals surface area contributed by atoms with E-state index in [0.29, 0.717) is 12.5 Å². The lowest BCUT2D eigenvalue weighted by Gasteiger charge is -2.04. The first-order chi connectivity index (χ1) is 8.19. The summed E-state index contributed by atoms with van der Waals surface area (Å²) in [5.74, 6) is 0.365. The van der Waals surface area contributed by atoms with Gasteiger partial charge in [-0.1, -0.05) is 28.9 Å². The molecule has 0 bridgehead atoms. The van der Waals surface area contributed by atoms with Crippen LogP contribution in [0.2, 0.25) is 0 Å². The van der Waals surface area contributed by atoms with Crippen molar-refractivity contribution in [1.29, 1.82) is 0 Å². The molecule has 0 saturated heterocycles. The van der Waals surface area contributed by atoms with Crippen molar-refractivity contribution in [3.05, 3.63) is 38.1 Å². The fraction of sp³-hybridized carbons (Fsp3) is 0.308. The predicted octanol–water partition coefficient (Wildman–Crippen LogP) is 3.54. The summed E-state index contributed by atoms with van der Waals surface area (Å²) in [6.45, 7) is 2.80. The first kappa shape index (κ1) is 11.4. The van der Waals surface area contributed by atoms with Crippen molar-refractivity contribution in [3.8, 4) is 11.3 Å². The van der Waals surface area contributed by atoms with E-state index < -0.39 is 0 Å². The van der Waals surface area contributed by atoms with Crippen LogP contribution < -0.4 is 5.73 Å². The molecule has 2 aromatic rings. The second-order valence-corrected chi connectivity index (χ2v) is 6.47. The van der Waals surface area contributed by atoms with E-state index >= 15 is 0 Å². The van der Waals surface area contributed by atoms with Crippen molar-refractivity contribution < 1.29 is 0 Å². The van der Waals surface area contributed by atoms with Gasteiger partial charge in [-0.3, -0.25) is 0 Å². The molecule has 1 atom stereocenters. The zero-order valence-electron chi connectivity index (χ0n) is 9.53. The molecule has 0 spiro atoms. The molecule has 1 aromatic carbocycles. The fourth-order valence-electron chi connectivity index (χ4n) is 2.12. The lowest BCUT2D eigenvalue weighted by Crippen LogP contribution is -2.08. The Kier molecular flexibility index (Phi) is 2.81. The molecule has 0 amide bonds. The van der Waals surface area contributed by atoms with Gasteiger partial charge in [-0.15, -0.1) is 11.3 Å². The topological polar surface area (TPSA) is 38.9 Å². The SMILES string of the molecule is CC(CN)c1nc2c(s1)Cc1cc(Br)ccc1-2. The largest absolute Gasteiger partial charge is 0.330 e. The highest BCUT2D eigenvalue weighted by Gasteiger charge is 2.24. The Balaban J connectivity index is 2.06. The molecule has 0 radical (unpaired) electrons. The highest BCUT2D eigenvalue weighted by Crippen LogP contribution is 2.41. The lowest BCUT2D eigenvalue weighted by molar-refractivity contribution is 0.767. The number of hydrogen-bond acceptors (Lipinski definition) is 3. The monoisotopic (exact) mass is 308 g/mol. The molecule has 4 heteroatoms. The summed E-state index contributed by atoms with van der Waals surface area (Å²) in [4.78, 5) is 6.14. The van der Waals surface area contributed by atoms with Crippen LogP contribution in [0.1, 0.15) is 28.3 Å². The van der Waals surface area contributed by atoms with Crippen molar-refractivity contribution in [2.24, 2.45) is 5.73 Å². The van der Waals surface area contributed by atoms with Gasteiger partial charge < -0.3 is 5.73 Å². The van der Waals surface area contributed by atoms with Crippen LogP contribution in [0.3, 0.4) is 0 Å². The second kappa shape index (κ2) is 4.19. The minimum atomic E-state index is 0.365. The van der Waals surface area contributed by atoms with Gasteiger partial charge >= 0.3 is 0 Å². The van der Waals surface area contributed by atoms with Crippen LogP contribution in [-0.2, 0) is 6.42 Å². The van der Waals surface area contributed by atoms with Gasteiger partial charge in [0.25, 0.3) is 0 Å². The predicted molar refractivity (Wildman–Crippen MR) is 75.5 cm³/mol. The molecule has 2 N–H and O–H groups in total. The van der Waals surface area contributed by atoms with Gasteiger partial charge in [0.15, 0.2) is 0 Å². The Morgan fingerprint density at radius 3 is 3.12 bits per heavy atom. The fourth-order valence-corrected chi connectivity index (χ4v) is 3.70. The van der Waals surface area contributed by atoms with Crippen LogP contribution in [-0.4, -0.2) is 11.5 Å². The molecular weight excluding hydrogens is 296 g/mol. The van der Waals surface area contributed by atoms with Gasteiger partial charge in [0.2, 0.25) is 0 Å². The van der Waals surface area contributed by atoms with Crippen molar-refractivity contribution in [2.75, 3.05) is 6.54 Å². The Hall–Kier alpha value is -0.710. The summed E-state index contributed by atoms with van der Waals surface area (Å²) < 4.78 is 1.14. The molecule has 17 heavy (non-hydrogen) atoms. The second-order valence-electron chi connectivity index (χ2n) is 4.44. The van der Waals surface area contributed by atoms with E-state index in [-0.39, 0.29) is 0 Å². The molecule has 1 unspecified atom stereocenters. The van der Waals surface area contributed by atoms with Crippen molar-refractivity contribution in [1.82, 2.24) is 4.98 Å². The van der Waals surface area contributed by atoms with E-state index in [1.54, 1.807) is 0 Å². The molecule has 1 heterocycles. The van der Waals surface area contributed by atoms with E-state index in [9.17, 15) is 0 Å². The lowest BCUT2D eigenvalue weighted by atomic mass is 10.1. The summed E-state index contributed by atoms with van der Waals surface area (Å²) in [5.41, 5.74) is 9.53. The number of nitrogens with zero attached hydrogens (tertiary/aromatic N) is 1. The molecule has 0 saturated carbocycles. The summed E-state index contributed by atoms with van der Waals surface area (Å²) in [6, 6.07) is 6.43. The van der Waals surface area contributed by atoms with Gasteiger partial charge in [-0.2, -0.15) is 0 Å². The highest BCUT2D eigenvalue weighted by atomic mass is 79.9. The molecule has 3 rings (SSSR count). The average molecular weight is 309 g/mol.